The van der Waals surface area contributed by atoms with E-state index in [0.717, 1.165) is 49.2 Å². The predicted molar refractivity (Wildman–Crippen MR) is 103 cm³/mol. The first-order chi connectivity index (χ1) is 11.8. The summed E-state index contributed by atoms with van der Waals surface area (Å²) in [6.07, 6.45) is 2.93. The minimum absolute atomic E-state index is 0.0227. The van der Waals surface area contributed by atoms with Gasteiger partial charge in [-0.15, -0.1) is 0 Å². The number of likely N-dealkylation sites (N-methyl/N-ethyl adjacent to an activating group) is 2. The van der Waals surface area contributed by atoms with E-state index >= 15 is 0 Å². The lowest BCUT2D eigenvalue weighted by Crippen LogP contribution is -2.63. The molecule has 0 saturated heterocycles. The maximum Gasteiger partial charge on any atom is 0.298 e. The topological polar surface area (TPSA) is 64.9 Å². The van der Waals surface area contributed by atoms with Crippen molar-refractivity contribution in [3.05, 3.63) is 28.8 Å². The van der Waals surface area contributed by atoms with Gasteiger partial charge in [0.2, 0.25) is 6.17 Å². The molecule has 5 nitrogen and oxygen atoms in total. The van der Waals surface area contributed by atoms with E-state index in [1.165, 1.54) is 0 Å². The molecule has 0 spiro atoms. The number of carbonyl (C=O) groups excluding carboxylic acids is 1. The Bertz CT molecular complexity index is 612. The third-order valence-electron chi connectivity index (χ3n) is 4.81. The summed E-state index contributed by atoms with van der Waals surface area (Å²) in [6, 6.07) is 5.79. The molecule has 2 unspecified atom stereocenters. The minimum atomic E-state index is -0.305. The molecule has 0 heterocycles. The lowest BCUT2D eigenvalue weighted by molar-refractivity contribution is -0.927. The Labute approximate surface area is 152 Å². The Morgan fingerprint density at radius 2 is 1.80 bits per heavy atom. The van der Waals surface area contributed by atoms with Crippen molar-refractivity contribution in [3.63, 3.8) is 0 Å². The van der Waals surface area contributed by atoms with Crippen LogP contribution in [0, 0.1) is 25.2 Å². The Hall–Kier alpha value is -1.90. The molecule has 0 fully saturated rings. The predicted octanol–water partition coefficient (Wildman–Crippen LogP) is 3.32. The SMILES string of the molecule is CCCC[N+](C)(CCC)C(NC)C(=O)Nc1c(C)cc(C#N)cc1C. The van der Waals surface area contributed by atoms with E-state index in [1.54, 1.807) is 0 Å². The molecule has 0 aromatic heterocycles. The van der Waals surface area contributed by atoms with Crippen LogP contribution < -0.4 is 10.6 Å². The molecule has 0 aliphatic heterocycles. The van der Waals surface area contributed by atoms with Gasteiger partial charge in [0.25, 0.3) is 5.91 Å². The van der Waals surface area contributed by atoms with Gasteiger partial charge in [0.1, 0.15) is 0 Å². The molecular formula is C20H33N4O+. The standard InChI is InChI=1S/C20H32N4O/c1-7-9-11-24(6,10-8-2)19(22-5)20(25)23-18-15(3)12-17(14-21)13-16(18)4/h12-13,19,22H,7-11H2,1-6H3/p+1. The second-order valence-electron chi connectivity index (χ2n) is 7.06. The van der Waals surface area contributed by atoms with Crippen LogP contribution in [0.25, 0.3) is 0 Å². The van der Waals surface area contributed by atoms with Crippen LogP contribution in [0.2, 0.25) is 0 Å². The lowest BCUT2D eigenvalue weighted by Gasteiger charge is -2.40. The summed E-state index contributed by atoms with van der Waals surface area (Å²) in [5, 5.41) is 15.4. The third kappa shape index (κ3) is 5.29. The van der Waals surface area contributed by atoms with Crippen molar-refractivity contribution in [2.75, 3.05) is 32.5 Å². The molecule has 138 valence electrons. The van der Waals surface area contributed by atoms with Crippen molar-refractivity contribution in [2.24, 2.45) is 0 Å². The van der Waals surface area contributed by atoms with Gasteiger partial charge in [0.05, 0.1) is 31.8 Å². The average Bonchev–Trinajstić information content (AvgIpc) is 2.56. The fraction of sp³-hybridized carbons (Fsp3) is 0.600. The van der Waals surface area contributed by atoms with E-state index in [0.29, 0.717) is 10.0 Å². The number of aryl methyl sites for hydroxylation is 2. The number of anilines is 1. The Kier molecular flexibility index (Phi) is 8.08. The largest absolute Gasteiger partial charge is 0.319 e. The van der Waals surface area contributed by atoms with E-state index in [9.17, 15) is 4.79 Å². The van der Waals surface area contributed by atoms with E-state index in [-0.39, 0.29) is 12.1 Å². The highest BCUT2D eigenvalue weighted by Crippen LogP contribution is 2.23. The van der Waals surface area contributed by atoms with E-state index in [4.69, 9.17) is 5.26 Å². The highest BCUT2D eigenvalue weighted by atomic mass is 16.2. The van der Waals surface area contributed by atoms with Crippen LogP contribution >= 0.6 is 0 Å². The molecule has 0 bridgehead atoms. The average molecular weight is 346 g/mol. The minimum Gasteiger partial charge on any atom is -0.319 e. The van der Waals surface area contributed by atoms with Gasteiger partial charge in [-0.3, -0.25) is 10.1 Å². The number of hydrogen-bond acceptors (Lipinski definition) is 3. The highest BCUT2D eigenvalue weighted by molar-refractivity contribution is 5.95. The summed E-state index contributed by atoms with van der Waals surface area (Å²) in [7, 11) is 4.00. The molecule has 1 rings (SSSR count). The van der Waals surface area contributed by atoms with E-state index in [2.05, 4.69) is 37.6 Å². The number of amides is 1. The lowest BCUT2D eigenvalue weighted by atomic mass is 10.0. The molecule has 2 N–H and O–H groups in total. The number of rotatable bonds is 9. The van der Waals surface area contributed by atoms with Crippen LogP contribution in [-0.4, -0.2) is 43.7 Å². The molecule has 0 radical (unpaired) electrons. The van der Waals surface area contributed by atoms with Gasteiger partial charge in [-0.25, -0.2) is 0 Å². The summed E-state index contributed by atoms with van der Waals surface area (Å²) in [6.45, 7) is 10.1. The molecule has 0 aliphatic carbocycles. The number of quaternary nitrogens is 1. The van der Waals surface area contributed by atoms with E-state index in [1.807, 2.05) is 33.0 Å². The summed E-state index contributed by atoms with van der Waals surface area (Å²) >= 11 is 0. The zero-order valence-electron chi connectivity index (χ0n) is 16.6. The molecule has 25 heavy (non-hydrogen) atoms. The first kappa shape index (κ1) is 21.1. The fourth-order valence-corrected chi connectivity index (χ4v) is 3.54. The second kappa shape index (κ2) is 9.55. The van der Waals surface area contributed by atoms with Crippen LogP contribution in [0.15, 0.2) is 12.1 Å². The summed E-state index contributed by atoms with van der Waals surface area (Å²) in [4.78, 5) is 13.0. The highest BCUT2D eigenvalue weighted by Gasteiger charge is 2.36. The fourth-order valence-electron chi connectivity index (χ4n) is 3.54. The Morgan fingerprint density at radius 1 is 1.20 bits per heavy atom. The first-order valence-corrected chi connectivity index (χ1v) is 9.16. The maximum absolute atomic E-state index is 13.0. The maximum atomic E-state index is 13.0. The molecule has 5 heteroatoms. The summed E-state index contributed by atoms with van der Waals surface area (Å²) in [5.41, 5.74) is 3.26. The molecular weight excluding hydrogens is 312 g/mol. The number of carbonyl (C=O) groups is 1. The normalized spacial score (nSPS) is 14.4. The summed E-state index contributed by atoms with van der Waals surface area (Å²) < 4.78 is 0.682. The van der Waals surface area contributed by atoms with E-state index < -0.39 is 0 Å². The van der Waals surface area contributed by atoms with Gasteiger partial charge in [-0.1, -0.05) is 20.3 Å². The first-order valence-electron chi connectivity index (χ1n) is 9.16. The number of benzene rings is 1. The quantitative estimate of drug-likeness (QED) is 0.533. The van der Waals surface area contributed by atoms with Gasteiger partial charge in [-0.2, -0.15) is 5.26 Å². The van der Waals surface area contributed by atoms with Crippen molar-refractivity contribution in [3.8, 4) is 6.07 Å². The van der Waals surface area contributed by atoms with Gasteiger partial charge in [0, 0.05) is 5.69 Å². The smallest absolute Gasteiger partial charge is 0.298 e. The van der Waals surface area contributed by atoms with Crippen molar-refractivity contribution in [1.82, 2.24) is 5.32 Å². The van der Waals surface area contributed by atoms with Crippen LogP contribution in [0.5, 0.6) is 0 Å². The van der Waals surface area contributed by atoms with Crippen molar-refractivity contribution < 1.29 is 9.28 Å². The number of unbranched alkanes of at least 4 members (excludes halogenated alkanes) is 1. The molecule has 1 aromatic carbocycles. The molecule has 0 saturated carbocycles. The molecule has 1 aromatic rings. The summed E-state index contributed by atoms with van der Waals surface area (Å²) in [5.74, 6) is -0.0227. The number of nitrogens with zero attached hydrogens (tertiary/aromatic N) is 2. The van der Waals surface area contributed by atoms with Crippen LogP contribution in [0.3, 0.4) is 0 Å². The van der Waals surface area contributed by atoms with Crippen LogP contribution in [-0.2, 0) is 4.79 Å². The molecule has 0 aliphatic rings. The Balaban J connectivity index is 3.08. The monoisotopic (exact) mass is 345 g/mol. The Morgan fingerprint density at radius 3 is 2.24 bits per heavy atom. The van der Waals surface area contributed by atoms with Crippen molar-refractivity contribution in [1.29, 1.82) is 5.26 Å². The number of nitriles is 1. The van der Waals surface area contributed by atoms with Crippen molar-refractivity contribution in [2.45, 2.75) is 53.1 Å². The van der Waals surface area contributed by atoms with Crippen LogP contribution in [0.4, 0.5) is 5.69 Å². The third-order valence-corrected chi connectivity index (χ3v) is 4.81. The van der Waals surface area contributed by atoms with Gasteiger partial charge in [-0.05, 0) is 57.0 Å². The molecule has 2 atom stereocenters. The van der Waals surface area contributed by atoms with Crippen molar-refractivity contribution >= 4 is 11.6 Å². The number of hydrogen-bond donors (Lipinski definition) is 2. The number of nitrogens with one attached hydrogen (secondary N) is 2. The zero-order chi connectivity index (χ0) is 19.0. The molecule has 1 amide bonds. The van der Waals surface area contributed by atoms with Gasteiger partial charge >= 0.3 is 0 Å². The van der Waals surface area contributed by atoms with Crippen LogP contribution in [0.1, 0.15) is 49.8 Å². The zero-order valence-corrected chi connectivity index (χ0v) is 16.6. The van der Waals surface area contributed by atoms with Gasteiger partial charge < -0.3 is 9.80 Å². The van der Waals surface area contributed by atoms with Gasteiger partial charge in [0.15, 0.2) is 0 Å². The second-order valence-corrected chi connectivity index (χ2v) is 7.06.